The van der Waals surface area contributed by atoms with Gasteiger partial charge >= 0.3 is 0 Å². The summed E-state index contributed by atoms with van der Waals surface area (Å²) >= 11 is 5.95. The highest BCUT2D eigenvalue weighted by Gasteiger charge is 2.12. The average molecular weight is 279 g/mol. The molecule has 0 bridgehead atoms. The first-order valence-corrected chi connectivity index (χ1v) is 6.99. The van der Waals surface area contributed by atoms with Crippen molar-refractivity contribution in [1.82, 2.24) is 9.88 Å². The van der Waals surface area contributed by atoms with Gasteiger partial charge in [0.1, 0.15) is 0 Å². The summed E-state index contributed by atoms with van der Waals surface area (Å²) in [6, 6.07) is 5.70. The molecule has 1 heterocycles. The van der Waals surface area contributed by atoms with Gasteiger partial charge in [-0.3, -0.25) is 4.79 Å². The van der Waals surface area contributed by atoms with Gasteiger partial charge in [0, 0.05) is 35.7 Å². The lowest BCUT2D eigenvalue weighted by Crippen LogP contribution is -2.29. The molecule has 0 atom stereocenters. The van der Waals surface area contributed by atoms with Crippen LogP contribution in [0.4, 0.5) is 0 Å². The number of hydrogen-bond donors (Lipinski definition) is 1. The number of carbonyl (C=O) groups is 1. The van der Waals surface area contributed by atoms with E-state index in [-0.39, 0.29) is 5.91 Å². The zero-order valence-corrected chi connectivity index (χ0v) is 12.1. The van der Waals surface area contributed by atoms with E-state index >= 15 is 0 Å². The molecule has 0 aliphatic rings. The predicted octanol–water partition coefficient (Wildman–Crippen LogP) is 3.62. The SMILES string of the molecule is CCCCN(C)C(=O)Cc1c[nH]c2cc(Cl)ccc12. The molecule has 0 aliphatic carbocycles. The molecule has 0 saturated heterocycles. The summed E-state index contributed by atoms with van der Waals surface area (Å²) in [5.74, 6) is 0.157. The first-order chi connectivity index (χ1) is 9.11. The molecule has 0 aliphatic heterocycles. The molecular formula is C15H19ClN2O. The fraction of sp³-hybridized carbons (Fsp3) is 0.400. The van der Waals surface area contributed by atoms with Gasteiger partial charge < -0.3 is 9.88 Å². The Morgan fingerprint density at radius 3 is 2.95 bits per heavy atom. The van der Waals surface area contributed by atoms with Crippen molar-refractivity contribution in [3.05, 3.63) is 35.0 Å². The molecule has 0 spiro atoms. The number of nitrogens with one attached hydrogen (secondary N) is 1. The van der Waals surface area contributed by atoms with Crippen molar-refractivity contribution in [1.29, 1.82) is 0 Å². The highest BCUT2D eigenvalue weighted by Crippen LogP contribution is 2.22. The van der Waals surface area contributed by atoms with Crippen molar-refractivity contribution in [3.8, 4) is 0 Å². The number of aromatic nitrogens is 1. The molecule has 1 aromatic heterocycles. The summed E-state index contributed by atoms with van der Waals surface area (Å²) in [7, 11) is 1.86. The molecule has 3 nitrogen and oxygen atoms in total. The number of nitrogens with zero attached hydrogens (tertiary/aromatic N) is 1. The number of amides is 1. The lowest BCUT2D eigenvalue weighted by molar-refractivity contribution is -0.129. The molecular weight excluding hydrogens is 260 g/mol. The molecule has 0 saturated carbocycles. The van der Waals surface area contributed by atoms with Crippen LogP contribution < -0.4 is 0 Å². The van der Waals surface area contributed by atoms with E-state index < -0.39 is 0 Å². The minimum absolute atomic E-state index is 0.157. The van der Waals surface area contributed by atoms with Gasteiger partial charge in [0.2, 0.25) is 5.91 Å². The number of aromatic amines is 1. The molecule has 0 unspecified atom stereocenters. The van der Waals surface area contributed by atoms with Gasteiger partial charge in [-0.15, -0.1) is 0 Å². The average Bonchev–Trinajstić information content (AvgIpc) is 2.78. The fourth-order valence-electron chi connectivity index (χ4n) is 2.12. The lowest BCUT2D eigenvalue weighted by Gasteiger charge is -2.16. The van der Waals surface area contributed by atoms with Crippen LogP contribution in [0, 0.1) is 0 Å². The van der Waals surface area contributed by atoms with Crippen molar-refractivity contribution in [3.63, 3.8) is 0 Å². The summed E-state index contributed by atoms with van der Waals surface area (Å²) in [6.07, 6.45) is 4.48. The number of H-pyrrole nitrogens is 1. The maximum absolute atomic E-state index is 12.1. The van der Waals surface area contributed by atoms with Gasteiger partial charge in [-0.2, -0.15) is 0 Å². The smallest absolute Gasteiger partial charge is 0.226 e. The highest BCUT2D eigenvalue weighted by atomic mass is 35.5. The lowest BCUT2D eigenvalue weighted by atomic mass is 10.1. The second-order valence-corrected chi connectivity index (χ2v) is 5.29. The number of halogens is 1. The maximum Gasteiger partial charge on any atom is 0.226 e. The third kappa shape index (κ3) is 3.29. The van der Waals surface area contributed by atoms with E-state index in [1.165, 1.54) is 0 Å². The van der Waals surface area contributed by atoms with Crippen molar-refractivity contribution >= 4 is 28.4 Å². The molecule has 1 N–H and O–H groups in total. The second kappa shape index (κ2) is 6.11. The van der Waals surface area contributed by atoms with Crippen LogP contribution in [0.25, 0.3) is 10.9 Å². The Morgan fingerprint density at radius 2 is 2.21 bits per heavy atom. The summed E-state index contributed by atoms with van der Waals surface area (Å²) in [5.41, 5.74) is 2.01. The summed E-state index contributed by atoms with van der Waals surface area (Å²) in [4.78, 5) is 17.1. The zero-order valence-electron chi connectivity index (χ0n) is 11.4. The molecule has 19 heavy (non-hydrogen) atoms. The van der Waals surface area contributed by atoms with Crippen LogP contribution in [0.3, 0.4) is 0 Å². The molecule has 0 fully saturated rings. The van der Waals surface area contributed by atoms with Crippen molar-refractivity contribution in [2.24, 2.45) is 0 Å². The second-order valence-electron chi connectivity index (χ2n) is 4.85. The van der Waals surface area contributed by atoms with Gasteiger partial charge in [-0.05, 0) is 24.1 Å². The van der Waals surface area contributed by atoms with Gasteiger partial charge in [0.05, 0.1) is 6.42 Å². The maximum atomic E-state index is 12.1. The van der Waals surface area contributed by atoms with Crippen LogP contribution >= 0.6 is 11.6 Å². The van der Waals surface area contributed by atoms with E-state index in [4.69, 9.17) is 11.6 Å². The first kappa shape index (κ1) is 13.9. The van der Waals surface area contributed by atoms with E-state index in [1.807, 2.05) is 31.4 Å². The topological polar surface area (TPSA) is 36.1 Å². The normalized spacial score (nSPS) is 10.9. The van der Waals surface area contributed by atoms with Gasteiger partial charge in [-0.25, -0.2) is 0 Å². The first-order valence-electron chi connectivity index (χ1n) is 6.61. The zero-order chi connectivity index (χ0) is 13.8. The van der Waals surface area contributed by atoms with Crippen LogP contribution in [0.15, 0.2) is 24.4 Å². The van der Waals surface area contributed by atoms with Gasteiger partial charge in [-0.1, -0.05) is 31.0 Å². The van der Waals surface area contributed by atoms with Crippen LogP contribution in [-0.2, 0) is 11.2 Å². The monoisotopic (exact) mass is 278 g/mol. The predicted molar refractivity (Wildman–Crippen MR) is 79.6 cm³/mol. The summed E-state index contributed by atoms with van der Waals surface area (Å²) < 4.78 is 0. The van der Waals surface area contributed by atoms with Gasteiger partial charge in [0.15, 0.2) is 0 Å². The Bertz CT molecular complexity index is 577. The van der Waals surface area contributed by atoms with Gasteiger partial charge in [0.25, 0.3) is 0 Å². The Hall–Kier alpha value is -1.48. The van der Waals surface area contributed by atoms with E-state index in [0.29, 0.717) is 11.4 Å². The van der Waals surface area contributed by atoms with Crippen molar-refractivity contribution in [2.45, 2.75) is 26.2 Å². The van der Waals surface area contributed by atoms with Crippen molar-refractivity contribution in [2.75, 3.05) is 13.6 Å². The van der Waals surface area contributed by atoms with Crippen LogP contribution in [0.2, 0.25) is 5.02 Å². The Morgan fingerprint density at radius 1 is 1.42 bits per heavy atom. The fourth-order valence-corrected chi connectivity index (χ4v) is 2.29. The molecule has 2 rings (SSSR count). The Labute approximate surface area is 118 Å². The number of likely N-dealkylation sites (N-methyl/N-ethyl adjacent to an activating group) is 1. The third-order valence-electron chi connectivity index (χ3n) is 3.34. The van der Waals surface area contributed by atoms with E-state index in [1.54, 1.807) is 4.90 Å². The summed E-state index contributed by atoms with van der Waals surface area (Å²) in [5, 5.41) is 1.77. The number of benzene rings is 1. The third-order valence-corrected chi connectivity index (χ3v) is 3.58. The highest BCUT2D eigenvalue weighted by molar-refractivity contribution is 6.31. The standard InChI is InChI=1S/C15H19ClN2O/c1-3-4-7-18(2)15(19)8-11-10-17-14-9-12(16)5-6-13(11)14/h5-6,9-10,17H,3-4,7-8H2,1-2H3. The van der Waals surface area contributed by atoms with E-state index in [0.717, 1.165) is 35.9 Å². The number of fused-ring (bicyclic) bond motifs is 1. The van der Waals surface area contributed by atoms with Crippen LogP contribution in [0.1, 0.15) is 25.3 Å². The quantitative estimate of drug-likeness (QED) is 0.891. The van der Waals surface area contributed by atoms with Crippen molar-refractivity contribution < 1.29 is 4.79 Å². The van der Waals surface area contributed by atoms with Crippen LogP contribution in [0.5, 0.6) is 0 Å². The van der Waals surface area contributed by atoms with E-state index in [2.05, 4.69) is 11.9 Å². The molecule has 2 aromatic rings. The molecule has 102 valence electrons. The number of carbonyl (C=O) groups excluding carboxylic acids is 1. The molecule has 4 heteroatoms. The largest absolute Gasteiger partial charge is 0.361 e. The number of hydrogen-bond acceptors (Lipinski definition) is 1. The number of rotatable bonds is 5. The molecule has 1 amide bonds. The van der Waals surface area contributed by atoms with Crippen LogP contribution in [-0.4, -0.2) is 29.4 Å². The Balaban J connectivity index is 2.11. The minimum Gasteiger partial charge on any atom is -0.361 e. The van der Waals surface area contributed by atoms with E-state index in [9.17, 15) is 4.79 Å². The number of unbranched alkanes of at least 4 members (excludes halogenated alkanes) is 1. The minimum atomic E-state index is 0.157. The summed E-state index contributed by atoms with van der Waals surface area (Å²) in [6.45, 7) is 2.95. The molecule has 0 radical (unpaired) electrons. The Kier molecular flexibility index (Phi) is 4.48. The molecule has 1 aromatic carbocycles.